The van der Waals surface area contributed by atoms with Crippen LogP contribution >= 0.6 is 11.6 Å². The molecule has 0 aliphatic rings. The van der Waals surface area contributed by atoms with E-state index in [4.69, 9.17) is 11.6 Å². The molecule has 2 aromatic heterocycles. The van der Waals surface area contributed by atoms with Crippen molar-refractivity contribution in [3.8, 4) is 0 Å². The lowest BCUT2D eigenvalue weighted by Crippen LogP contribution is -2.15. The molecule has 6 nitrogen and oxygen atoms in total. The van der Waals surface area contributed by atoms with Crippen molar-refractivity contribution in [1.82, 2.24) is 9.61 Å². The maximum atomic E-state index is 12.5. The molecule has 2 N–H and O–H groups in total. The smallest absolute Gasteiger partial charge is 0.259 e. The number of nitrogens with zero attached hydrogens (tertiary/aromatic N) is 2. The molecule has 7 heteroatoms. The monoisotopic (exact) mass is 328 g/mol. The molecule has 3 aromatic rings. The zero-order valence-electron chi connectivity index (χ0n) is 12.2. The Hall–Kier alpha value is -2.86. The highest BCUT2D eigenvalue weighted by Crippen LogP contribution is 2.26. The summed E-state index contributed by atoms with van der Waals surface area (Å²) in [4.78, 5) is 23.8. The number of benzene rings is 1. The Morgan fingerprint density at radius 1 is 1.13 bits per heavy atom. The first-order valence-corrected chi connectivity index (χ1v) is 7.23. The van der Waals surface area contributed by atoms with Gasteiger partial charge in [0.1, 0.15) is 0 Å². The predicted octanol–water partition coefficient (Wildman–Crippen LogP) is 3.20. The van der Waals surface area contributed by atoms with Crippen LogP contribution in [0.15, 0.2) is 48.8 Å². The summed E-state index contributed by atoms with van der Waals surface area (Å²) in [6.45, 7) is 1.39. The number of carbonyl (C=O) groups excluding carboxylic acids is 2. The first kappa shape index (κ1) is 15.1. The van der Waals surface area contributed by atoms with Gasteiger partial charge in [0.05, 0.1) is 28.7 Å². The molecule has 2 amide bonds. The number of hydrogen-bond donors (Lipinski definition) is 2. The van der Waals surface area contributed by atoms with Crippen LogP contribution in [0.5, 0.6) is 0 Å². The number of rotatable bonds is 3. The fraction of sp³-hybridized carbons (Fsp3) is 0.0625. The Kier molecular flexibility index (Phi) is 3.99. The second kappa shape index (κ2) is 6.10. The zero-order valence-corrected chi connectivity index (χ0v) is 13.0. The van der Waals surface area contributed by atoms with Crippen LogP contribution in [0.3, 0.4) is 0 Å². The van der Waals surface area contributed by atoms with E-state index in [9.17, 15) is 9.59 Å². The highest BCUT2D eigenvalue weighted by Gasteiger charge is 2.15. The van der Waals surface area contributed by atoms with E-state index in [-0.39, 0.29) is 11.8 Å². The molecule has 0 unspecified atom stereocenters. The summed E-state index contributed by atoms with van der Waals surface area (Å²) >= 11 is 5.98. The minimum atomic E-state index is -0.333. The van der Waals surface area contributed by atoms with Gasteiger partial charge in [0.2, 0.25) is 5.91 Å². The Balaban J connectivity index is 1.93. The van der Waals surface area contributed by atoms with E-state index in [0.717, 1.165) is 0 Å². The topological polar surface area (TPSA) is 75.5 Å². The maximum Gasteiger partial charge on any atom is 0.259 e. The number of aromatic nitrogens is 2. The van der Waals surface area contributed by atoms with Gasteiger partial charge in [0.25, 0.3) is 5.91 Å². The van der Waals surface area contributed by atoms with E-state index in [1.54, 1.807) is 35.0 Å². The lowest BCUT2D eigenvalue weighted by Gasteiger charge is -2.11. The molecule has 0 aliphatic heterocycles. The quantitative estimate of drug-likeness (QED) is 0.775. The molecule has 0 saturated carbocycles. The predicted molar refractivity (Wildman–Crippen MR) is 88.9 cm³/mol. The van der Waals surface area contributed by atoms with Crippen LogP contribution in [0.25, 0.3) is 5.52 Å². The fourth-order valence-electron chi connectivity index (χ4n) is 2.22. The number of fused-ring (bicyclic) bond motifs is 1. The van der Waals surface area contributed by atoms with Crippen molar-refractivity contribution in [3.63, 3.8) is 0 Å². The molecule has 0 atom stereocenters. The number of amides is 2. The van der Waals surface area contributed by atoms with Gasteiger partial charge in [-0.05, 0) is 30.3 Å². The van der Waals surface area contributed by atoms with E-state index < -0.39 is 0 Å². The van der Waals surface area contributed by atoms with Crippen molar-refractivity contribution in [2.45, 2.75) is 6.92 Å². The van der Waals surface area contributed by atoms with Gasteiger partial charge in [0, 0.05) is 18.1 Å². The van der Waals surface area contributed by atoms with Crippen molar-refractivity contribution in [3.05, 3.63) is 59.4 Å². The van der Waals surface area contributed by atoms with E-state index in [0.29, 0.717) is 27.5 Å². The van der Waals surface area contributed by atoms with E-state index >= 15 is 0 Å². The Morgan fingerprint density at radius 3 is 2.74 bits per heavy atom. The molecular formula is C16H13ClN4O2. The van der Waals surface area contributed by atoms with Crippen LogP contribution in [-0.2, 0) is 4.79 Å². The third-order valence-electron chi connectivity index (χ3n) is 3.21. The fourth-order valence-corrected chi connectivity index (χ4v) is 2.39. The lowest BCUT2D eigenvalue weighted by molar-refractivity contribution is -0.114. The zero-order chi connectivity index (χ0) is 16.4. The van der Waals surface area contributed by atoms with Crippen LogP contribution < -0.4 is 10.6 Å². The average Bonchev–Trinajstić information content (AvgIpc) is 2.93. The van der Waals surface area contributed by atoms with Gasteiger partial charge < -0.3 is 10.6 Å². The normalized spacial score (nSPS) is 10.5. The maximum absolute atomic E-state index is 12.5. The van der Waals surface area contributed by atoms with E-state index in [1.165, 1.54) is 13.1 Å². The molecule has 0 aliphatic carbocycles. The minimum absolute atomic E-state index is 0.237. The second-order valence-corrected chi connectivity index (χ2v) is 5.35. The summed E-state index contributed by atoms with van der Waals surface area (Å²) in [6.07, 6.45) is 3.25. The van der Waals surface area contributed by atoms with Gasteiger partial charge in [-0.25, -0.2) is 4.52 Å². The summed E-state index contributed by atoms with van der Waals surface area (Å²) in [5.41, 5.74) is 2.02. The lowest BCUT2D eigenvalue weighted by atomic mass is 10.2. The van der Waals surface area contributed by atoms with Crippen molar-refractivity contribution in [2.75, 3.05) is 10.6 Å². The Morgan fingerprint density at radius 2 is 1.96 bits per heavy atom. The largest absolute Gasteiger partial charge is 0.325 e. The molecular weight excluding hydrogens is 316 g/mol. The molecule has 2 heterocycles. The summed E-state index contributed by atoms with van der Waals surface area (Å²) in [5.74, 6) is -0.570. The number of pyridine rings is 1. The number of nitrogens with one attached hydrogen (secondary N) is 2. The van der Waals surface area contributed by atoms with Gasteiger partial charge >= 0.3 is 0 Å². The van der Waals surface area contributed by atoms with Crippen molar-refractivity contribution >= 4 is 40.3 Å². The summed E-state index contributed by atoms with van der Waals surface area (Å²) < 4.78 is 1.61. The first-order valence-electron chi connectivity index (χ1n) is 6.85. The average molecular weight is 329 g/mol. The number of halogens is 1. The summed E-state index contributed by atoms with van der Waals surface area (Å²) in [6, 6.07) is 10.3. The standard InChI is InChI=1S/C16H13ClN4O2/c1-10(22)19-13-6-5-11(17)8-14(13)20-16(23)12-9-18-21-7-3-2-4-15(12)21/h2-9H,1H3,(H,19,22)(H,20,23). The highest BCUT2D eigenvalue weighted by atomic mass is 35.5. The van der Waals surface area contributed by atoms with E-state index in [2.05, 4.69) is 15.7 Å². The Labute approximate surface area is 137 Å². The SMILES string of the molecule is CC(=O)Nc1ccc(Cl)cc1NC(=O)c1cnn2ccccc12. The van der Waals surface area contributed by atoms with Crippen LogP contribution in [0.4, 0.5) is 11.4 Å². The highest BCUT2D eigenvalue weighted by molar-refractivity contribution is 6.31. The van der Waals surface area contributed by atoms with Gasteiger partial charge in [-0.3, -0.25) is 9.59 Å². The number of anilines is 2. The van der Waals surface area contributed by atoms with Gasteiger partial charge in [-0.15, -0.1) is 0 Å². The molecule has 3 rings (SSSR count). The van der Waals surface area contributed by atoms with Crippen LogP contribution in [0, 0.1) is 0 Å². The first-order chi connectivity index (χ1) is 11.0. The van der Waals surface area contributed by atoms with Crippen molar-refractivity contribution < 1.29 is 9.59 Å². The van der Waals surface area contributed by atoms with Gasteiger partial charge in [0.15, 0.2) is 0 Å². The van der Waals surface area contributed by atoms with Crippen LogP contribution in [-0.4, -0.2) is 21.4 Å². The third kappa shape index (κ3) is 3.17. The molecule has 0 fully saturated rings. The molecule has 0 bridgehead atoms. The third-order valence-corrected chi connectivity index (χ3v) is 3.45. The minimum Gasteiger partial charge on any atom is -0.325 e. The van der Waals surface area contributed by atoms with E-state index in [1.807, 2.05) is 12.1 Å². The van der Waals surface area contributed by atoms with Crippen molar-refractivity contribution in [2.24, 2.45) is 0 Å². The molecule has 116 valence electrons. The number of hydrogen-bond acceptors (Lipinski definition) is 3. The van der Waals surface area contributed by atoms with Gasteiger partial charge in [-0.1, -0.05) is 17.7 Å². The molecule has 0 radical (unpaired) electrons. The van der Waals surface area contributed by atoms with Crippen molar-refractivity contribution in [1.29, 1.82) is 0 Å². The molecule has 0 saturated heterocycles. The van der Waals surface area contributed by atoms with Crippen LogP contribution in [0.2, 0.25) is 5.02 Å². The molecule has 23 heavy (non-hydrogen) atoms. The molecule has 0 spiro atoms. The number of carbonyl (C=O) groups is 2. The molecule has 1 aromatic carbocycles. The van der Waals surface area contributed by atoms with Crippen LogP contribution in [0.1, 0.15) is 17.3 Å². The summed E-state index contributed by atoms with van der Waals surface area (Å²) in [5, 5.41) is 10.00. The summed E-state index contributed by atoms with van der Waals surface area (Å²) in [7, 11) is 0. The second-order valence-electron chi connectivity index (χ2n) is 4.91. The van der Waals surface area contributed by atoms with Gasteiger partial charge in [-0.2, -0.15) is 5.10 Å². The Bertz CT molecular complexity index is 904.